The lowest BCUT2D eigenvalue weighted by atomic mass is 9.91. The second kappa shape index (κ2) is 7.13. The van der Waals surface area contributed by atoms with Gasteiger partial charge in [-0.1, -0.05) is 41.1 Å². The first-order chi connectivity index (χ1) is 10.4. The molecule has 0 aromatic heterocycles. The fourth-order valence-corrected chi connectivity index (χ4v) is 3.23. The number of carboxylic acids is 1. The Balaban J connectivity index is 1.97. The Morgan fingerprint density at radius 2 is 2.14 bits per heavy atom. The van der Waals surface area contributed by atoms with E-state index in [4.69, 9.17) is 5.11 Å². The molecule has 2 unspecified atom stereocenters. The van der Waals surface area contributed by atoms with Crippen LogP contribution in [0, 0.1) is 18.8 Å². The first kappa shape index (κ1) is 16.8. The molecule has 1 aromatic carbocycles. The standard InChI is InChI=1S/C16H21BrN2O3/c1-10-6-13(15(20)21)9-19(8-10)16(22)18-7-12-5-3-4-11(2)14(12)17/h3-5,10,13H,6-9H2,1-2H3,(H,18,22)(H,20,21). The molecule has 1 heterocycles. The molecule has 0 aliphatic carbocycles. The van der Waals surface area contributed by atoms with E-state index >= 15 is 0 Å². The molecule has 1 aliphatic rings. The minimum Gasteiger partial charge on any atom is -0.481 e. The van der Waals surface area contributed by atoms with E-state index in [-0.39, 0.29) is 18.5 Å². The molecule has 1 fully saturated rings. The number of hydrogen-bond donors (Lipinski definition) is 2. The summed E-state index contributed by atoms with van der Waals surface area (Å²) in [5, 5.41) is 12.0. The quantitative estimate of drug-likeness (QED) is 0.861. The van der Waals surface area contributed by atoms with E-state index in [0.717, 1.165) is 15.6 Å². The molecule has 1 saturated heterocycles. The molecule has 1 aromatic rings. The fraction of sp³-hybridized carbons (Fsp3) is 0.500. The number of rotatable bonds is 3. The Bertz CT molecular complexity index is 577. The van der Waals surface area contributed by atoms with E-state index < -0.39 is 11.9 Å². The van der Waals surface area contributed by atoms with Crippen LogP contribution in [0.5, 0.6) is 0 Å². The van der Waals surface area contributed by atoms with Crippen LogP contribution < -0.4 is 5.32 Å². The number of aliphatic carboxylic acids is 1. The van der Waals surface area contributed by atoms with Crippen LogP contribution in [0.3, 0.4) is 0 Å². The zero-order valence-electron chi connectivity index (χ0n) is 12.8. The van der Waals surface area contributed by atoms with Crippen LogP contribution in [-0.2, 0) is 11.3 Å². The number of carbonyl (C=O) groups is 2. The number of aryl methyl sites for hydroxylation is 1. The Hall–Kier alpha value is -1.56. The van der Waals surface area contributed by atoms with Crippen molar-refractivity contribution >= 4 is 27.9 Å². The van der Waals surface area contributed by atoms with Gasteiger partial charge in [-0.15, -0.1) is 0 Å². The number of carbonyl (C=O) groups excluding carboxylic acids is 1. The average molecular weight is 369 g/mol. The third-order valence-corrected chi connectivity index (χ3v) is 5.13. The van der Waals surface area contributed by atoms with Crippen LogP contribution in [-0.4, -0.2) is 35.1 Å². The van der Waals surface area contributed by atoms with Gasteiger partial charge in [-0.25, -0.2) is 4.79 Å². The topological polar surface area (TPSA) is 69.6 Å². The maximum Gasteiger partial charge on any atom is 0.317 e. The van der Waals surface area contributed by atoms with Crippen LogP contribution in [0.1, 0.15) is 24.5 Å². The highest BCUT2D eigenvalue weighted by Gasteiger charge is 2.31. The number of urea groups is 1. The zero-order valence-corrected chi connectivity index (χ0v) is 14.4. The lowest BCUT2D eigenvalue weighted by Gasteiger charge is -2.34. The van der Waals surface area contributed by atoms with Crippen molar-refractivity contribution in [1.29, 1.82) is 0 Å². The first-order valence-electron chi connectivity index (χ1n) is 7.38. The SMILES string of the molecule is Cc1cccc(CNC(=O)N2CC(C)CC(C(=O)O)C2)c1Br. The third kappa shape index (κ3) is 4.00. The van der Waals surface area contributed by atoms with E-state index in [2.05, 4.69) is 21.2 Å². The third-order valence-electron chi connectivity index (χ3n) is 4.00. The summed E-state index contributed by atoms with van der Waals surface area (Å²) >= 11 is 3.52. The van der Waals surface area contributed by atoms with Crippen molar-refractivity contribution in [3.63, 3.8) is 0 Å². The van der Waals surface area contributed by atoms with E-state index in [1.54, 1.807) is 4.90 Å². The molecule has 0 radical (unpaired) electrons. The molecule has 1 aliphatic heterocycles. The second-order valence-electron chi connectivity index (χ2n) is 5.99. The van der Waals surface area contributed by atoms with Gasteiger partial charge in [0.2, 0.25) is 0 Å². The van der Waals surface area contributed by atoms with Crippen molar-refractivity contribution in [1.82, 2.24) is 10.2 Å². The summed E-state index contributed by atoms with van der Waals surface area (Å²) in [6, 6.07) is 5.70. The molecule has 2 atom stereocenters. The van der Waals surface area contributed by atoms with Crippen molar-refractivity contribution in [2.24, 2.45) is 11.8 Å². The summed E-state index contributed by atoms with van der Waals surface area (Å²) in [6.07, 6.45) is 0.628. The minimum atomic E-state index is -0.828. The lowest BCUT2D eigenvalue weighted by molar-refractivity contribution is -0.143. The van der Waals surface area contributed by atoms with Gasteiger partial charge in [0.1, 0.15) is 0 Å². The van der Waals surface area contributed by atoms with Crippen LogP contribution in [0.25, 0.3) is 0 Å². The predicted molar refractivity (Wildman–Crippen MR) is 87.6 cm³/mol. The van der Waals surface area contributed by atoms with E-state index in [9.17, 15) is 9.59 Å². The smallest absolute Gasteiger partial charge is 0.317 e. The van der Waals surface area contributed by atoms with Crippen molar-refractivity contribution in [3.8, 4) is 0 Å². The molecule has 22 heavy (non-hydrogen) atoms. The molecule has 2 amide bonds. The molecule has 0 spiro atoms. The first-order valence-corrected chi connectivity index (χ1v) is 8.17. The summed E-state index contributed by atoms with van der Waals surface area (Å²) < 4.78 is 0.991. The van der Waals surface area contributed by atoms with Crippen molar-refractivity contribution in [2.75, 3.05) is 13.1 Å². The molecule has 0 saturated carbocycles. The van der Waals surface area contributed by atoms with Gasteiger partial charge in [-0.05, 0) is 30.4 Å². The highest BCUT2D eigenvalue weighted by atomic mass is 79.9. The van der Waals surface area contributed by atoms with E-state index in [1.807, 2.05) is 32.0 Å². The van der Waals surface area contributed by atoms with Gasteiger partial charge in [0.15, 0.2) is 0 Å². The Labute approximate surface area is 138 Å². The summed E-state index contributed by atoms with van der Waals surface area (Å²) in [6.45, 7) is 5.28. The predicted octanol–water partition coefficient (Wildman–Crippen LogP) is 3.01. The number of piperidine rings is 1. The minimum absolute atomic E-state index is 0.200. The summed E-state index contributed by atoms with van der Waals surface area (Å²) in [4.78, 5) is 25.1. The van der Waals surface area contributed by atoms with Gasteiger partial charge in [0.05, 0.1) is 5.92 Å². The van der Waals surface area contributed by atoms with Crippen molar-refractivity contribution in [2.45, 2.75) is 26.8 Å². The largest absolute Gasteiger partial charge is 0.481 e. The van der Waals surface area contributed by atoms with E-state index in [0.29, 0.717) is 19.5 Å². The Morgan fingerprint density at radius 1 is 1.41 bits per heavy atom. The highest BCUT2D eigenvalue weighted by molar-refractivity contribution is 9.10. The monoisotopic (exact) mass is 368 g/mol. The van der Waals surface area contributed by atoms with Crippen LogP contribution in [0.4, 0.5) is 4.79 Å². The number of nitrogens with zero attached hydrogens (tertiary/aromatic N) is 1. The van der Waals surface area contributed by atoms with Gasteiger partial charge in [-0.3, -0.25) is 4.79 Å². The van der Waals surface area contributed by atoms with Gasteiger partial charge in [0.25, 0.3) is 0 Å². The molecule has 2 rings (SSSR count). The maximum atomic E-state index is 12.3. The van der Waals surface area contributed by atoms with Crippen LogP contribution in [0.2, 0.25) is 0 Å². The van der Waals surface area contributed by atoms with Gasteiger partial charge in [0, 0.05) is 24.1 Å². The van der Waals surface area contributed by atoms with Crippen molar-refractivity contribution < 1.29 is 14.7 Å². The van der Waals surface area contributed by atoms with Crippen LogP contribution in [0.15, 0.2) is 22.7 Å². The Kier molecular flexibility index (Phi) is 5.45. The normalized spacial score (nSPS) is 21.5. The van der Waals surface area contributed by atoms with E-state index in [1.165, 1.54) is 0 Å². The van der Waals surface area contributed by atoms with Crippen molar-refractivity contribution in [3.05, 3.63) is 33.8 Å². The number of nitrogens with one attached hydrogen (secondary N) is 1. The van der Waals surface area contributed by atoms with Crippen LogP contribution >= 0.6 is 15.9 Å². The number of halogens is 1. The van der Waals surface area contributed by atoms with Gasteiger partial charge in [-0.2, -0.15) is 0 Å². The fourth-order valence-electron chi connectivity index (χ4n) is 2.82. The molecular weight excluding hydrogens is 348 g/mol. The highest BCUT2D eigenvalue weighted by Crippen LogP contribution is 2.23. The molecule has 120 valence electrons. The number of amides is 2. The summed E-state index contributed by atoms with van der Waals surface area (Å²) in [5.41, 5.74) is 2.12. The summed E-state index contributed by atoms with van der Waals surface area (Å²) in [5.74, 6) is -1.10. The number of benzene rings is 1. The number of hydrogen-bond acceptors (Lipinski definition) is 2. The lowest BCUT2D eigenvalue weighted by Crippen LogP contribution is -2.49. The number of likely N-dealkylation sites (tertiary alicyclic amines) is 1. The molecule has 6 heteroatoms. The summed E-state index contributed by atoms with van der Waals surface area (Å²) in [7, 11) is 0. The second-order valence-corrected chi connectivity index (χ2v) is 6.78. The average Bonchev–Trinajstić information content (AvgIpc) is 2.47. The molecular formula is C16H21BrN2O3. The molecule has 0 bridgehead atoms. The number of carboxylic acid groups (broad SMARTS) is 1. The van der Waals surface area contributed by atoms with Gasteiger partial charge < -0.3 is 15.3 Å². The molecule has 5 nitrogen and oxygen atoms in total. The zero-order chi connectivity index (χ0) is 16.3. The Morgan fingerprint density at radius 3 is 2.82 bits per heavy atom. The maximum absolute atomic E-state index is 12.3. The van der Waals surface area contributed by atoms with Gasteiger partial charge >= 0.3 is 12.0 Å². The molecule has 2 N–H and O–H groups in total.